The lowest BCUT2D eigenvalue weighted by Crippen LogP contribution is -2.47. The van der Waals surface area contributed by atoms with Crippen LogP contribution in [0, 0.1) is 29.1 Å². The van der Waals surface area contributed by atoms with E-state index in [-0.39, 0.29) is 0 Å². The summed E-state index contributed by atoms with van der Waals surface area (Å²) >= 11 is 0. The lowest BCUT2D eigenvalue weighted by atomic mass is 9.62. The maximum absolute atomic E-state index is 11.0. The number of carbonyl (C=O) groups excluding carboxylic acids is 1. The zero-order valence-electron chi connectivity index (χ0n) is 9.99. The maximum Gasteiger partial charge on any atom is 0.134 e. The Balaban J connectivity index is 2.54. The number of allylic oxidation sites excluding steroid dienone is 1. The Morgan fingerprint density at radius 3 is 3.00 bits per heavy atom. The van der Waals surface area contributed by atoms with Gasteiger partial charge in [0.15, 0.2) is 0 Å². The molecule has 90 valence electrons. The van der Waals surface area contributed by atoms with Crippen LogP contribution in [0.4, 0.5) is 0 Å². The van der Waals surface area contributed by atoms with Crippen LogP contribution in [0.15, 0.2) is 11.6 Å². The molecule has 0 saturated heterocycles. The molecule has 0 aromatic carbocycles. The van der Waals surface area contributed by atoms with Gasteiger partial charge in [0, 0.05) is 11.1 Å². The predicted octanol–water partition coefficient (Wildman–Crippen LogP) is 1.71. The molecule has 17 heavy (non-hydrogen) atoms. The van der Waals surface area contributed by atoms with E-state index in [2.05, 4.69) is 5.92 Å². The summed E-state index contributed by atoms with van der Waals surface area (Å²) in [5, 5.41) is 18.4. The smallest absolute Gasteiger partial charge is 0.134 e. The van der Waals surface area contributed by atoms with Crippen molar-refractivity contribution in [2.75, 3.05) is 0 Å². The molecule has 2 aliphatic rings. The predicted molar refractivity (Wildman–Crippen MR) is 65.7 cm³/mol. The molecule has 2 N–H and O–H groups in total. The van der Waals surface area contributed by atoms with E-state index in [1.54, 1.807) is 6.08 Å². The summed E-state index contributed by atoms with van der Waals surface area (Å²) in [4.78, 5) is 11.0. The van der Waals surface area contributed by atoms with Crippen molar-refractivity contribution >= 4 is 12.0 Å². The Kier molecular flexibility index (Phi) is 2.71. The molecular weight excluding hydrogens is 214 g/mol. The fourth-order valence-corrected chi connectivity index (χ4v) is 3.35. The van der Waals surface area contributed by atoms with Crippen LogP contribution in [0.5, 0.6) is 0 Å². The number of carbonyl (C=O) groups is 1. The third-order valence-corrected chi connectivity index (χ3v) is 4.47. The Morgan fingerprint density at radius 1 is 1.76 bits per heavy atom. The molecule has 0 spiro atoms. The summed E-state index contributed by atoms with van der Waals surface area (Å²) in [6.45, 7) is 1.98. The topological polar surface area (TPSA) is 61.1 Å². The first-order valence-electron chi connectivity index (χ1n) is 5.98. The van der Waals surface area contributed by atoms with Crippen molar-refractivity contribution in [1.82, 2.24) is 0 Å². The van der Waals surface area contributed by atoms with Gasteiger partial charge in [0.2, 0.25) is 0 Å². The molecule has 0 bridgehead atoms. The van der Waals surface area contributed by atoms with Gasteiger partial charge in [-0.3, -0.25) is 0 Å². The SMILES string of the molecule is C#C[C@]1(O)CCC2=CC(=N)C(C=O)C[C@@]21CC. The summed E-state index contributed by atoms with van der Waals surface area (Å²) in [5.74, 6) is 2.09. The van der Waals surface area contributed by atoms with Crippen LogP contribution in [0.3, 0.4) is 0 Å². The highest BCUT2D eigenvalue weighted by molar-refractivity contribution is 6.04. The number of rotatable bonds is 2. The molecule has 0 aliphatic heterocycles. The number of nitrogens with one attached hydrogen (secondary N) is 1. The minimum absolute atomic E-state index is 0.348. The van der Waals surface area contributed by atoms with Gasteiger partial charge in [0.1, 0.15) is 11.9 Å². The fraction of sp³-hybridized carbons (Fsp3) is 0.571. The van der Waals surface area contributed by atoms with Crippen LogP contribution in [0.2, 0.25) is 0 Å². The van der Waals surface area contributed by atoms with Crippen LogP contribution in [-0.2, 0) is 4.79 Å². The molecule has 3 nitrogen and oxygen atoms in total. The summed E-state index contributed by atoms with van der Waals surface area (Å²) in [7, 11) is 0. The molecule has 0 heterocycles. The zero-order valence-corrected chi connectivity index (χ0v) is 9.99. The van der Waals surface area contributed by atoms with Crippen molar-refractivity contribution in [2.45, 2.75) is 38.2 Å². The molecule has 2 rings (SSSR count). The first-order chi connectivity index (χ1) is 8.03. The lowest BCUT2D eigenvalue weighted by molar-refractivity contribution is -0.111. The molecule has 0 aromatic heterocycles. The Hall–Kier alpha value is -1.40. The molecule has 0 aromatic rings. The molecule has 3 heteroatoms. The number of terminal acetylenes is 1. The van der Waals surface area contributed by atoms with Crippen LogP contribution < -0.4 is 0 Å². The fourth-order valence-electron chi connectivity index (χ4n) is 3.35. The van der Waals surface area contributed by atoms with E-state index < -0.39 is 16.9 Å². The van der Waals surface area contributed by atoms with Crippen LogP contribution in [0.1, 0.15) is 32.6 Å². The number of hydrogen-bond acceptors (Lipinski definition) is 3. The zero-order chi connectivity index (χ0) is 12.7. The van der Waals surface area contributed by atoms with Crippen LogP contribution >= 0.6 is 0 Å². The van der Waals surface area contributed by atoms with Crippen molar-refractivity contribution in [2.24, 2.45) is 11.3 Å². The van der Waals surface area contributed by atoms with Gasteiger partial charge in [-0.1, -0.05) is 18.4 Å². The maximum atomic E-state index is 11.0. The lowest BCUT2D eigenvalue weighted by Gasteiger charge is -2.43. The standard InChI is InChI=1S/C14H17NO2/c1-3-13-8-10(9-16)12(15)7-11(13)5-6-14(13,17)4-2/h2,7,9-10,15,17H,3,5-6,8H2,1H3/t10?,13-,14-/m0/s1. The van der Waals surface area contributed by atoms with E-state index in [9.17, 15) is 9.90 Å². The minimum atomic E-state index is -1.16. The quantitative estimate of drug-likeness (QED) is 0.561. The van der Waals surface area contributed by atoms with Gasteiger partial charge in [0.05, 0.1) is 5.92 Å². The molecule has 1 saturated carbocycles. The van der Waals surface area contributed by atoms with Gasteiger partial charge in [-0.05, 0) is 31.8 Å². The number of aliphatic hydroxyl groups is 1. The van der Waals surface area contributed by atoms with Gasteiger partial charge < -0.3 is 15.3 Å². The number of fused-ring (bicyclic) bond motifs is 1. The van der Waals surface area contributed by atoms with Crippen molar-refractivity contribution in [3.63, 3.8) is 0 Å². The number of aldehydes is 1. The summed E-state index contributed by atoms with van der Waals surface area (Å²) in [6, 6.07) is 0. The second-order valence-electron chi connectivity index (χ2n) is 5.01. The third kappa shape index (κ3) is 1.41. The summed E-state index contributed by atoms with van der Waals surface area (Å²) < 4.78 is 0. The van der Waals surface area contributed by atoms with Gasteiger partial charge in [-0.2, -0.15) is 0 Å². The largest absolute Gasteiger partial charge is 0.377 e. The van der Waals surface area contributed by atoms with E-state index in [4.69, 9.17) is 11.8 Å². The second-order valence-corrected chi connectivity index (χ2v) is 5.01. The Morgan fingerprint density at radius 2 is 2.47 bits per heavy atom. The third-order valence-electron chi connectivity index (χ3n) is 4.47. The Labute approximate surface area is 101 Å². The highest BCUT2D eigenvalue weighted by Crippen LogP contribution is 2.57. The van der Waals surface area contributed by atoms with E-state index in [1.807, 2.05) is 6.92 Å². The number of hydrogen-bond donors (Lipinski definition) is 2. The highest BCUT2D eigenvalue weighted by Gasteiger charge is 2.57. The van der Waals surface area contributed by atoms with Crippen LogP contribution in [-0.4, -0.2) is 22.7 Å². The van der Waals surface area contributed by atoms with Crippen molar-refractivity contribution in [3.05, 3.63) is 11.6 Å². The van der Waals surface area contributed by atoms with Crippen molar-refractivity contribution in [1.29, 1.82) is 5.41 Å². The molecule has 0 amide bonds. The van der Waals surface area contributed by atoms with Crippen molar-refractivity contribution in [3.8, 4) is 12.3 Å². The molecule has 0 radical (unpaired) electrons. The van der Waals surface area contributed by atoms with Gasteiger partial charge in [-0.15, -0.1) is 6.42 Å². The Bertz CT molecular complexity index is 446. The minimum Gasteiger partial charge on any atom is -0.377 e. The first-order valence-corrected chi connectivity index (χ1v) is 5.98. The van der Waals surface area contributed by atoms with E-state index in [1.165, 1.54) is 0 Å². The van der Waals surface area contributed by atoms with Gasteiger partial charge >= 0.3 is 0 Å². The van der Waals surface area contributed by atoms with E-state index >= 15 is 0 Å². The van der Waals surface area contributed by atoms with E-state index in [0.717, 1.165) is 18.3 Å². The summed E-state index contributed by atoms with van der Waals surface area (Å²) in [5.41, 5.74) is -0.267. The molecule has 2 aliphatic carbocycles. The van der Waals surface area contributed by atoms with Crippen molar-refractivity contribution < 1.29 is 9.90 Å². The second kappa shape index (κ2) is 3.82. The molecule has 3 atom stereocenters. The normalized spacial score (nSPS) is 40.4. The molecule has 1 unspecified atom stereocenters. The van der Waals surface area contributed by atoms with Crippen LogP contribution in [0.25, 0.3) is 0 Å². The average Bonchev–Trinajstić information content (AvgIpc) is 2.63. The molecular formula is C14H17NO2. The molecule has 1 fully saturated rings. The monoisotopic (exact) mass is 231 g/mol. The highest BCUT2D eigenvalue weighted by atomic mass is 16.3. The van der Waals surface area contributed by atoms with Gasteiger partial charge in [0.25, 0.3) is 0 Å². The first kappa shape index (κ1) is 12.1. The van der Waals surface area contributed by atoms with E-state index in [0.29, 0.717) is 25.0 Å². The summed E-state index contributed by atoms with van der Waals surface area (Å²) in [6.07, 6.45) is 10.5. The average molecular weight is 231 g/mol. The van der Waals surface area contributed by atoms with Gasteiger partial charge in [-0.25, -0.2) is 0 Å².